The first-order valence-electron chi connectivity index (χ1n) is 22.3. The van der Waals surface area contributed by atoms with E-state index in [1.165, 1.54) is 28.0 Å². The van der Waals surface area contributed by atoms with E-state index in [-0.39, 0.29) is 6.61 Å². The minimum Gasteiger partial charge on any atom is -0.491 e. The van der Waals surface area contributed by atoms with Gasteiger partial charge in [0.1, 0.15) is 18.4 Å². The number of nitrogens with zero attached hydrogens (tertiary/aromatic N) is 3. The third kappa shape index (κ3) is 16.5. The normalized spacial score (nSPS) is 16.3. The third-order valence-corrected chi connectivity index (χ3v) is 10.7. The Morgan fingerprint density at radius 3 is 2.05 bits per heavy atom. The van der Waals surface area contributed by atoms with Gasteiger partial charge in [0, 0.05) is 56.3 Å². The van der Waals surface area contributed by atoms with Crippen molar-refractivity contribution in [2.24, 2.45) is 5.92 Å². The molecule has 2 aromatic carbocycles. The fraction of sp³-hybridized carbons (Fsp3) is 0.571. The average Bonchev–Trinajstić information content (AvgIpc) is 3.26. The van der Waals surface area contributed by atoms with Crippen molar-refractivity contribution in [3.63, 3.8) is 0 Å². The number of allylic oxidation sites excluding steroid dienone is 5. The van der Waals surface area contributed by atoms with E-state index in [4.69, 9.17) is 23.7 Å². The van der Waals surface area contributed by atoms with Crippen molar-refractivity contribution >= 4 is 29.5 Å². The van der Waals surface area contributed by atoms with Crippen molar-refractivity contribution in [1.29, 1.82) is 0 Å². The van der Waals surface area contributed by atoms with Crippen molar-refractivity contribution in [3.8, 4) is 5.75 Å². The van der Waals surface area contributed by atoms with Crippen LogP contribution < -0.4 is 15.0 Å². The Morgan fingerprint density at radius 1 is 0.869 bits per heavy atom. The zero-order chi connectivity index (χ0) is 44.6. The standard InChI is InChI=1S/C47H68N4O8.C2H6/c1-8-11-42(35(3)4)41(9-2)43-16-14-39(32-37(43)6)50-21-19-49(20-22-50)18-10-23-55-24-25-56-26-27-57-28-29-58-30-31-59-40-15-12-36(5)44(33-40)47(54)51(34-52)45-17-13-38(7)48-46(45)53;1-2/h9,11-12,14-16,32-35,45H,7-8,10,13,17-31H2,1-6H3,(H,48,53);1-2H3/b41-9+,42-11-;. The first-order chi connectivity index (χ1) is 29.6. The predicted molar refractivity (Wildman–Crippen MR) is 245 cm³/mol. The Labute approximate surface area is 366 Å². The molecule has 1 unspecified atom stereocenters. The number of anilines is 1. The zero-order valence-electron chi connectivity index (χ0n) is 38.4. The molecule has 0 aliphatic carbocycles. The highest BCUT2D eigenvalue weighted by molar-refractivity contribution is 6.04. The second-order valence-corrected chi connectivity index (χ2v) is 15.3. The molecule has 1 atom stereocenters. The molecule has 0 bridgehead atoms. The summed E-state index contributed by atoms with van der Waals surface area (Å²) in [5.74, 6) is -0.00624. The van der Waals surface area contributed by atoms with Crippen LogP contribution in [0.3, 0.4) is 0 Å². The molecule has 2 fully saturated rings. The number of hydrogen-bond donors (Lipinski definition) is 1. The van der Waals surface area contributed by atoms with E-state index in [1.54, 1.807) is 25.1 Å². The van der Waals surface area contributed by atoms with Crippen molar-refractivity contribution in [3.05, 3.63) is 88.7 Å². The number of imide groups is 1. The van der Waals surface area contributed by atoms with Gasteiger partial charge >= 0.3 is 0 Å². The van der Waals surface area contributed by atoms with Crippen LogP contribution in [0, 0.1) is 19.8 Å². The molecule has 4 rings (SSSR count). The summed E-state index contributed by atoms with van der Waals surface area (Å²) in [7, 11) is 0. The van der Waals surface area contributed by atoms with Crippen LogP contribution in [-0.2, 0) is 28.5 Å². The minimum atomic E-state index is -0.880. The lowest BCUT2D eigenvalue weighted by Crippen LogP contribution is -2.51. The molecule has 0 spiro atoms. The van der Waals surface area contributed by atoms with Gasteiger partial charge in [-0.15, -0.1) is 0 Å². The SMILES string of the molecule is C=C1CCC(N(C=O)C(=O)c2cc(OCCOCCOCCOCCOCCCN3CCN(c4ccc(C(=C/C)/C(=C\CC)C(C)C)c(C)c4)CC3)ccc2C)C(=O)N1.CC. The largest absolute Gasteiger partial charge is 0.491 e. The zero-order valence-corrected chi connectivity index (χ0v) is 38.4. The van der Waals surface area contributed by atoms with Crippen LogP contribution in [0.5, 0.6) is 5.75 Å². The molecule has 3 amide bonds. The monoisotopic (exact) mass is 847 g/mol. The Balaban J connectivity index is 0.00000489. The van der Waals surface area contributed by atoms with E-state index in [1.807, 2.05) is 13.8 Å². The molecule has 338 valence electrons. The number of carbonyl (C=O) groups is 3. The van der Waals surface area contributed by atoms with Crippen LogP contribution >= 0.6 is 0 Å². The van der Waals surface area contributed by atoms with E-state index in [2.05, 4.69) is 86.7 Å². The molecule has 61 heavy (non-hydrogen) atoms. The minimum absolute atomic E-state index is 0.269. The average molecular weight is 847 g/mol. The number of hydrogen-bond acceptors (Lipinski definition) is 10. The van der Waals surface area contributed by atoms with Crippen LogP contribution in [-0.4, -0.2) is 126 Å². The summed E-state index contributed by atoms with van der Waals surface area (Å²) < 4.78 is 28.4. The van der Waals surface area contributed by atoms with Crippen molar-refractivity contribution in [2.75, 3.05) is 97.1 Å². The highest BCUT2D eigenvalue weighted by Crippen LogP contribution is 2.33. The number of amides is 3. The van der Waals surface area contributed by atoms with Crippen LogP contribution in [0.1, 0.15) is 94.3 Å². The van der Waals surface area contributed by atoms with Crippen LogP contribution in [0.2, 0.25) is 0 Å². The van der Waals surface area contributed by atoms with E-state index in [0.29, 0.717) is 94.0 Å². The number of nitrogens with one attached hydrogen (secondary N) is 1. The molecule has 0 aromatic heterocycles. The van der Waals surface area contributed by atoms with Gasteiger partial charge in [0.2, 0.25) is 12.3 Å². The fourth-order valence-electron chi connectivity index (χ4n) is 7.45. The predicted octanol–water partition coefficient (Wildman–Crippen LogP) is 7.77. The second-order valence-electron chi connectivity index (χ2n) is 15.3. The molecule has 2 aromatic rings. The molecule has 12 heteroatoms. The first-order valence-corrected chi connectivity index (χ1v) is 22.3. The molecule has 2 saturated heterocycles. The highest BCUT2D eigenvalue weighted by atomic mass is 16.6. The van der Waals surface area contributed by atoms with Gasteiger partial charge in [-0.1, -0.05) is 65.5 Å². The van der Waals surface area contributed by atoms with Gasteiger partial charge in [-0.25, -0.2) is 0 Å². The summed E-state index contributed by atoms with van der Waals surface area (Å²) in [6.07, 6.45) is 7.93. The fourth-order valence-corrected chi connectivity index (χ4v) is 7.45. The molecule has 2 heterocycles. The van der Waals surface area contributed by atoms with E-state index in [0.717, 1.165) is 57.1 Å². The van der Waals surface area contributed by atoms with E-state index >= 15 is 0 Å². The lowest BCUT2D eigenvalue weighted by molar-refractivity contribution is -0.131. The Hall–Kier alpha value is -4.33. The van der Waals surface area contributed by atoms with E-state index in [9.17, 15) is 14.4 Å². The smallest absolute Gasteiger partial charge is 0.261 e. The summed E-state index contributed by atoms with van der Waals surface area (Å²) in [5, 5.41) is 2.62. The number of ether oxygens (including phenoxy) is 5. The number of rotatable bonds is 25. The molecule has 1 N–H and O–H groups in total. The molecular weight excluding hydrogens is 773 g/mol. The summed E-state index contributed by atoms with van der Waals surface area (Å²) in [6.45, 7) is 30.1. The topological polar surface area (TPSA) is 119 Å². The maximum absolute atomic E-state index is 13.2. The Morgan fingerprint density at radius 2 is 1.49 bits per heavy atom. The maximum atomic E-state index is 13.2. The molecule has 0 radical (unpaired) electrons. The highest BCUT2D eigenvalue weighted by Gasteiger charge is 2.34. The second kappa shape index (κ2) is 28.3. The summed E-state index contributed by atoms with van der Waals surface area (Å²) in [6, 6.07) is 11.2. The Bertz CT molecular complexity index is 1730. The summed E-state index contributed by atoms with van der Waals surface area (Å²) in [4.78, 5) is 43.4. The van der Waals surface area contributed by atoms with Gasteiger partial charge < -0.3 is 33.9 Å². The van der Waals surface area contributed by atoms with Gasteiger partial charge in [0.15, 0.2) is 0 Å². The number of piperidine rings is 1. The summed E-state index contributed by atoms with van der Waals surface area (Å²) in [5.41, 5.74) is 8.32. The van der Waals surface area contributed by atoms with Crippen LogP contribution in [0.25, 0.3) is 5.57 Å². The van der Waals surface area contributed by atoms with E-state index < -0.39 is 17.9 Å². The molecule has 2 aliphatic heterocycles. The van der Waals surface area contributed by atoms with Gasteiger partial charge in [-0.3, -0.25) is 24.2 Å². The van der Waals surface area contributed by atoms with Crippen LogP contribution in [0.4, 0.5) is 5.69 Å². The van der Waals surface area contributed by atoms with Gasteiger partial charge in [-0.05, 0) is 104 Å². The maximum Gasteiger partial charge on any atom is 0.261 e. The number of aryl methyl sites for hydroxylation is 2. The van der Waals surface area contributed by atoms with Gasteiger partial charge in [0.25, 0.3) is 5.91 Å². The van der Waals surface area contributed by atoms with Crippen LogP contribution in [0.15, 0.2) is 66.4 Å². The lowest BCUT2D eigenvalue weighted by Gasteiger charge is -2.36. The lowest BCUT2D eigenvalue weighted by atomic mass is 9.87. The molecular formula is C49H74N4O8. The van der Waals surface area contributed by atoms with Crippen molar-refractivity contribution in [1.82, 2.24) is 15.1 Å². The van der Waals surface area contributed by atoms with Gasteiger partial charge in [0.05, 0.1) is 46.2 Å². The number of carbonyl (C=O) groups excluding carboxylic acids is 3. The number of piperazine rings is 1. The van der Waals surface area contributed by atoms with Crippen molar-refractivity contribution < 1.29 is 38.1 Å². The molecule has 12 nitrogen and oxygen atoms in total. The summed E-state index contributed by atoms with van der Waals surface area (Å²) >= 11 is 0. The quantitative estimate of drug-likeness (QED) is 0.0604. The number of benzene rings is 2. The molecule has 0 saturated carbocycles. The first kappa shape index (κ1) is 51.0. The third-order valence-electron chi connectivity index (χ3n) is 10.7. The molecule has 2 aliphatic rings. The Kier molecular flexibility index (Phi) is 23.7. The van der Waals surface area contributed by atoms with Crippen molar-refractivity contribution in [2.45, 2.75) is 87.1 Å². The van der Waals surface area contributed by atoms with Gasteiger partial charge in [-0.2, -0.15) is 0 Å².